The van der Waals surface area contributed by atoms with E-state index in [1.807, 2.05) is 29.0 Å². The van der Waals surface area contributed by atoms with Crippen LogP contribution < -0.4 is 14.8 Å². The Morgan fingerprint density at radius 1 is 1.36 bits per heavy atom. The second-order valence-corrected chi connectivity index (χ2v) is 5.81. The Labute approximate surface area is 134 Å². The molecule has 1 aliphatic rings. The standard InChI is InChI=1S/C16H19N3O2S/c1-4-8-20-11-6-5-7-12-14(11)17-15-13(21-12)9-19(10(2)3)16(22)18-15/h5-7,9-10H,4,8H2,1-3H3,(H,17,18,22). The SMILES string of the molecule is CCCOc1cccc2c1Nc1nc(=S)n(C(C)C)cc1O2. The Bertz CT molecular complexity index is 756. The number of hydrogen-bond acceptors (Lipinski definition) is 5. The minimum Gasteiger partial charge on any atom is -0.491 e. The van der Waals surface area contributed by atoms with Crippen molar-refractivity contribution in [2.75, 3.05) is 11.9 Å². The molecule has 0 unspecified atom stereocenters. The van der Waals surface area contributed by atoms with Crippen LogP contribution in [0.2, 0.25) is 0 Å². The maximum atomic E-state index is 5.97. The molecule has 116 valence electrons. The molecule has 0 atom stereocenters. The van der Waals surface area contributed by atoms with E-state index in [1.54, 1.807) is 0 Å². The zero-order chi connectivity index (χ0) is 15.7. The van der Waals surface area contributed by atoms with Crippen molar-refractivity contribution in [1.82, 2.24) is 9.55 Å². The van der Waals surface area contributed by atoms with Crippen molar-refractivity contribution >= 4 is 23.7 Å². The molecule has 1 N–H and O–H groups in total. The minimum absolute atomic E-state index is 0.231. The second-order valence-electron chi connectivity index (χ2n) is 5.44. The van der Waals surface area contributed by atoms with Crippen molar-refractivity contribution < 1.29 is 9.47 Å². The summed E-state index contributed by atoms with van der Waals surface area (Å²) in [7, 11) is 0. The number of aromatic nitrogens is 2. The molecular weight excluding hydrogens is 298 g/mol. The Morgan fingerprint density at radius 3 is 2.91 bits per heavy atom. The van der Waals surface area contributed by atoms with E-state index in [0.29, 0.717) is 22.9 Å². The third kappa shape index (κ3) is 2.66. The van der Waals surface area contributed by atoms with Gasteiger partial charge in [-0.05, 0) is 44.6 Å². The largest absolute Gasteiger partial charge is 0.491 e. The maximum Gasteiger partial charge on any atom is 0.201 e. The van der Waals surface area contributed by atoms with Gasteiger partial charge in [0.25, 0.3) is 0 Å². The number of para-hydroxylation sites is 1. The molecule has 2 aromatic rings. The van der Waals surface area contributed by atoms with E-state index in [-0.39, 0.29) is 6.04 Å². The molecule has 22 heavy (non-hydrogen) atoms. The van der Waals surface area contributed by atoms with Gasteiger partial charge in [-0.2, -0.15) is 4.98 Å². The molecule has 5 nitrogen and oxygen atoms in total. The van der Waals surface area contributed by atoms with Crippen LogP contribution in [-0.2, 0) is 0 Å². The molecule has 2 heterocycles. The van der Waals surface area contributed by atoms with E-state index in [4.69, 9.17) is 21.7 Å². The van der Waals surface area contributed by atoms with Crippen molar-refractivity contribution in [2.24, 2.45) is 0 Å². The van der Waals surface area contributed by atoms with E-state index in [9.17, 15) is 0 Å². The summed E-state index contributed by atoms with van der Waals surface area (Å²) in [5.41, 5.74) is 0.799. The van der Waals surface area contributed by atoms with E-state index >= 15 is 0 Å². The van der Waals surface area contributed by atoms with Gasteiger partial charge in [0.2, 0.25) is 4.77 Å². The molecule has 0 spiro atoms. The highest BCUT2D eigenvalue weighted by molar-refractivity contribution is 7.71. The van der Waals surface area contributed by atoms with Gasteiger partial charge in [0.1, 0.15) is 11.4 Å². The first-order valence-corrected chi connectivity index (χ1v) is 7.85. The molecule has 3 rings (SSSR count). The summed E-state index contributed by atoms with van der Waals surface area (Å²) in [6.07, 6.45) is 2.84. The third-order valence-corrected chi connectivity index (χ3v) is 3.69. The number of benzene rings is 1. The van der Waals surface area contributed by atoms with Crippen molar-refractivity contribution in [2.45, 2.75) is 33.2 Å². The zero-order valence-corrected chi connectivity index (χ0v) is 13.7. The number of hydrogen-bond donors (Lipinski definition) is 1. The van der Waals surface area contributed by atoms with Gasteiger partial charge in [-0.3, -0.25) is 0 Å². The number of ether oxygens (including phenoxy) is 2. The van der Waals surface area contributed by atoms with E-state index in [0.717, 1.165) is 23.6 Å². The summed E-state index contributed by atoms with van der Waals surface area (Å²) in [5, 5.41) is 3.28. The zero-order valence-electron chi connectivity index (χ0n) is 12.9. The molecule has 0 fully saturated rings. The Hall–Kier alpha value is -2.08. The fraction of sp³-hybridized carbons (Fsp3) is 0.375. The lowest BCUT2D eigenvalue weighted by molar-refractivity contribution is 0.317. The minimum atomic E-state index is 0.231. The van der Waals surface area contributed by atoms with Crippen molar-refractivity contribution in [3.63, 3.8) is 0 Å². The molecule has 0 aliphatic carbocycles. The van der Waals surface area contributed by atoms with Crippen LogP contribution in [0.5, 0.6) is 17.2 Å². The van der Waals surface area contributed by atoms with Gasteiger partial charge in [-0.1, -0.05) is 13.0 Å². The van der Waals surface area contributed by atoms with Gasteiger partial charge < -0.3 is 19.4 Å². The lowest BCUT2D eigenvalue weighted by Crippen LogP contribution is -2.12. The first kappa shape index (κ1) is 14.8. The van der Waals surface area contributed by atoms with E-state index in [2.05, 4.69) is 31.1 Å². The highest BCUT2D eigenvalue weighted by Gasteiger charge is 2.22. The summed E-state index contributed by atoms with van der Waals surface area (Å²) in [6, 6.07) is 5.98. The summed E-state index contributed by atoms with van der Waals surface area (Å²) < 4.78 is 14.2. The summed E-state index contributed by atoms with van der Waals surface area (Å²) in [5.74, 6) is 2.79. The van der Waals surface area contributed by atoms with E-state index < -0.39 is 0 Å². The molecule has 0 saturated carbocycles. The van der Waals surface area contributed by atoms with Crippen molar-refractivity contribution in [3.8, 4) is 17.2 Å². The molecule has 6 heteroatoms. The van der Waals surface area contributed by atoms with Gasteiger partial charge in [0, 0.05) is 6.04 Å². The predicted molar refractivity (Wildman–Crippen MR) is 89.0 cm³/mol. The first-order chi connectivity index (χ1) is 10.6. The molecular formula is C16H19N3O2S. The summed E-state index contributed by atoms with van der Waals surface area (Å²) in [4.78, 5) is 4.44. The second kappa shape index (κ2) is 5.96. The molecule has 0 bridgehead atoms. The normalized spacial score (nSPS) is 12.2. The Morgan fingerprint density at radius 2 is 2.18 bits per heavy atom. The lowest BCUT2D eigenvalue weighted by Gasteiger charge is -2.24. The van der Waals surface area contributed by atoms with Crippen LogP contribution >= 0.6 is 12.2 Å². The summed E-state index contributed by atoms with van der Waals surface area (Å²) in [6.45, 7) is 6.85. The monoisotopic (exact) mass is 317 g/mol. The van der Waals surface area contributed by atoms with Gasteiger partial charge >= 0.3 is 0 Å². The Balaban J connectivity index is 2.00. The molecule has 1 aromatic heterocycles. The van der Waals surface area contributed by atoms with Gasteiger partial charge in [-0.25, -0.2) is 0 Å². The van der Waals surface area contributed by atoms with Crippen LogP contribution in [-0.4, -0.2) is 16.2 Å². The lowest BCUT2D eigenvalue weighted by atomic mass is 10.2. The van der Waals surface area contributed by atoms with Crippen LogP contribution in [0.25, 0.3) is 0 Å². The van der Waals surface area contributed by atoms with Gasteiger partial charge in [0.15, 0.2) is 17.3 Å². The van der Waals surface area contributed by atoms with Crippen LogP contribution in [0.3, 0.4) is 0 Å². The summed E-state index contributed by atoms with van der Waals surface area (Å²) >= 11 is 5.34. The average Bonchev–Trinajstić information content (AvgIpc) is 2.50. The molecule has 1 aromatic carbocycles. The quantitative estimate of drug-likeness (QED) is 0.698. The third-order valence-electron chi connectivity index (χ3n) is 3.39. The topological polar surface area (TPSA) is 48.3 Å². The maximum absolute atomic E-state index is 5.97. The molecule has 0 saturated heterocycles. The molecule has 1 aliphatic heterocycles. The fourth-order valence-electron chi connectivity index (χ4n) is 2.27. The van der Waals surface area contributed by atoms with Crippen LogP contribution in [0.1, 0.15) is 33.2 Å². The van der Waals surface area contributed by atoms with Crippen LogP contribution in [0.4, 0.5) is 11.5 Å². The first-order valence-electron chi connectivity index (χ1n) is 7.44. The number of rotatable bonds is 4. The van der Waals surface area contributed by atoms with Gasteiger partial charge in [-0.15, -0.1) is 0 Å². The number of nitrogens with one attached hydrogen (secondary N) is 1. The van der Waals surface area contributed by atoms with Crippen molar-refractivity contribution in [1.29, 1.82) is 0 Å². The molecule has 0 amide bonds. The smallest absolute Gasteiger partial charge is 0.201 e. The van der Waals surface area contributed by atoms with Gasteiger partial charge in [0.05, 0.1) is 12.8 Å². The average molecular weight is 317 g/mol. The fourth-order valence-corrected chi connectivity index (χ4v) is 2.63. The molecule has 0 radical (unpaired) electrons. The number of nitrogens with zero attached hydrogens (tertiary/aromatic N) is 2. The van der Waals surface area contributed by atoms with Crippen molar-refractivity contribution in [3.05, 3.63) is 29.2 Å². The van der Waals surface area contributed by atoms with E-state index in [1.165, 1.54) is 0 Å². The Kier molecular flexibility index (Phi) is 4.02. The van der Waals surface area contributed by atoms with Crippen LogP contribution in [0, 0.1) is 4.77 Å². The predicted octanol–water partition coefficient (Wildman–Crippen LogP) is 4.83. The van der Waals surface area contributed by atoms with Crippen LogP contribution in [0.15, 0.2) is 24.4 Å². The highest BCUT2D eigenvalue weighted by Crippen LogP contribution is 2.45. The number of anilines is 2. The highest BCUT2D eigenvalue weighted by atomic mass is 32.1. The number of fused-ring (bicyclic) bond motifs is 2.